The Kier molecular flexibility index (Phi) is 2.50. The highest BCUT2D eigenvalue weighted by Crippen LogP contribution is 2.31. The van der Waals surface area contributed by atoms with E-state index in [0.29, 0.717) is 5.76 Å². The van der Waals surface area contributed by atoms with Crippen LogP contribution in [0.2, 0.25) is 0 Å². The maximum absolute atomic E-state index is 5.58. The first-order valence-electron chi connectivity index (χ1n) is 5.01. The van der Waals surface area contributed by atoms with E-state index in [0.717, 1.165) is 17.1 Å². The molecule has 0 amide bonds. The number of ether oxygens (including phenoxy) is 2. The van der Waals surface area contributed by atoms with Crippen molar-refractivity contribution < 1.29 is 9.47 Å². The minimum atomic E-state index is 0.172. The smallest absolute Gasteiger partial charge is 0.138 e. The van der Waals surface area contributed by atoms with Crippen LogP contribution in [0.1, 0.15) is 19.4 Å². The fourth-order valence-corrected chi connectivity index (χ4v) is 1.44. The van der Waals surface area contributed by atoms with E-state index in [4.69, 9.17) is 9.47 Å². The average molecular weight is 202 g/mol. The standard InChI is InChI=1S/C13H14O2/c1-9(2)14-12-7-6-11-5-4-10(3)15-13(11)8-12/h4-9H,3H2,1-2H3. The number of hydrogen-bond donors (Lipinski definition) is 0. The van der Waals surface area contributed by atoms with E-state index in [2.05, 4.69) is 6.58 Å². The number of allylic oxidation sites excluding steroid dienone is 1. The van der Waals surface area contributed by atoms with Crippen molar-refractivity contribution in [2.24, 2.45) is 0 Å². The van der Waals surface area contributed by atoms with E-state index >= 15 is 0 Å². The van der Waals surface area contributed by atoms with Crippen LogP contribution in [-0.2, 0) is 0 Å². The van der Waals surface area contributed by atoms with E-state index in [1.807, 2.05) is 44.2 Å². The summed E-state index contributed by atoms with van der Waals surface area (Å²) in [5.41, 5.74) is 1.05. The van der Waals surface area contributed by atoms with Crippen molar-refractivity contribution in [2.45, 2.75) is 20.0 Å². The minimum absolute atomic E-state index is 0.172. The Bertz CT molecular complexity index is 417. The average Bonchev–Trinajstić information content (AvgIpc) is 2.16. The van der Waals surface area contributed by atoms with Crippen LogP contribution in [0.15, 0.2) is 36.6 Å². The van der Waals surface area contributed by atoms with Gasteiger partial charge in [0, 0.05) is 11.6 Å². The fraction of sp³-hybridized carbons (Fsp3) is 0.231. The molecule has 0 unspecified atom stereocenters. The maximum Gasteiger partial charge on any atom is 0.138 e. The van der Waals surface area contributed by atoms with Gasteiger partial charge in [0.1, 0.15) is 17.3 Å². The molecule has 1 heterocycles. The molecule has 0 atom stereocenters. The molecule has 0 bridgehead atoms. The predicted molar refractivity (Wildman–Crippen MR) is 61.0 cm³/mol. The van der Waals surface area contributed by atoms with E-state index in [1.54, 1.807) is 0 Å². The largest absolute Gasteiger partial charge is 0.491 e. The summed E-state index contributed by atoms with van der Waals surface area (Å²) in [6, 6.07) is 5.82. The molecule has 1 aromatic rings. The third kappa shape index (κ3) is 2.21. The number of hydrogen-bond acceptors (Lipinski definition) is 2. The molecule has 2 rings (SSSR count). The third-order valence-electron chi connectivity index (χ3n) is 2.05. The molecule has 2 heteroatoms. The highest BCUT2D eigenvalue weighted by Gasteiger charge is 2.09. The monoisotopic (exact) mass is 202 g/mol. The van der Waals surface area contributed by atoms with Gasteiger partial charge in [0.15, 0.2) is 0 Å². The van der Waals surface area contributed by atoms with Gasteiger partial charge in [-0.3, -0.25) is 0 Å². The minimum Gasteiger partial charge on any atom is -0.491 e. The zero-order valence-electron chi connectivity index (χ0n) is 8.99. The Morgan fingerprint density at radius 2 is 2.07 bits per heavy atom. The fourth-order valence-electron chi connectivity index (χ4n) is 1.44. The van der Waals surface area contributed by atoms with Gasteiger partial charge in [0.25, 0.3) is 0 Å². The second-order valence-corrected chi connectivity index (χ2v) is 3.77. The molecule has 0 N–H and O–H groups in total. The molecule has 0 radical (unpaired) electrons. The molecule has 0 spiro atoms. The molecule has 78 valence electrons. The highest BCUT2D eigenvalue weighted by molar-refractivity contribution is 5.63. The summed E-state index contributed by atoms with van der Waals surface area (Å²) in [5, 5.41) is 0. The van der Waals surface area contributed by atoms with Crippen molar-refractivity contribution in [1.29, 1.82) is 0 Å². The van der Waals surface area contributed by atoms with Gasteiger partial charge in [-0.05, 0) is 38.1 Å². The van der Waals surface area contributed by atoms with Gasteiger partial charge in [-0.25, -0.2) is 0 Å². The van der Waals surface area contributed by atoms with E-state index in [9.17, 15) is 0 Å². The molecular weight excluding hydrogens is 188 g/mol. The van der Waals surface area contributed by atoms with Crippen LogP contribution in [0.3, 0.4) is 0 Å². The van der Waals surface area contributed by atoms with Gasteiger partial charge in [0.2, 0.25) is 0 Å². The first-order valence-corrected chi connectivity index (χ1v) is 5.01. The van der Waals surface area contributed by atoms with Crippen molar-refractivity contribution in [3.05, 3.63) is 42.2 Å². The molecule has 15 heavy (non-hydrogen) atoms. The zero-order valence-corrected chi connectivity index (χ0v) is 8.99. The van der Waals surface area contributed by atoms with Crippen LogP contribution in [-0.4, -0.2) is 6.10 Å². The van der Waals surface area contributed by atoms with E-state index in [-0.39, 0.29) is 6.10 Å². The van der Waals surface area contributed by atoms with E-state index in [1.165, 1.54) is 0 Å². The molecular formula is C13H14O2. The van der Waals surface area contributed by atoms with Crippen LogP contribution in [0.25, 0.3) is 6.08 Å². The SMILES string of the molecule is C=C1C=Cc2ccc(OC(C)C)cc2O1. The van der Waals surface area contributed by atoms with Crippen LogP contribution >= 0.6 is 0 Å². The van der Waals surface area contributed by atoms with Crippen molar-refractivity contribution in [3.63, 3.8) is 0 Å². The number of benzene rings is 1. The Balaban J connectivity index is 2.30. The predicted octanol–water partition coefficient (Wildman–Crippen LogP) is 3.39. The van der Waals surface area contributed by atoms with Crippen LogP contribution in [0.5, 0.6) is 11.5 Å². The van der Waals surface area contributed by atoms with Gasteiger partial charge >= 0.3 is 0 Å². The Morgan fingerprint density at radius 3 is 2.80 bits per heavy atom. The van der Waals surface area contributed by atoms with Crippen LogP contribution in [0.4, 0.5) is 0 Å². The summed E-state index contributed by atoms with van der Waals surface area (Å²) in [6.07, 6.45) is 4.01. The third-order valence-corrected chi connectivity index (χ3v) is 2.05. The Hall–Kier alpha value is -1.70. The Labute approximate surface area is 89.8 Å². The summed E-state index contributed by atoms with van der Waals surface area (Å²) >= 11 is 0. The zero-order chi connectivity index (χ0) is 10.8. The normalized spacial score (nSPS) is 13.7. The van der Waals surface area contributed by atoms with Crippen molar-refractivity contribution in [1.82, 2.24) is 0 Å². The van der Waals surface area contributed by atoms with Gasteiger partial charge in [-0.2, -0.15) is 0 Å². The summed E-state index contributed by atoms with van der Waals surface area (Å²) in [4.78, 5) is 0. The molecule has 0 aromatic heterocycles. The second-order valence-electron chi connectivity index (χ2n) is 3.77. The topological polar surface area (TPSA) is 18.5 Å². The van der Waals surface area contributed by atoms with Gasteiger partial charge in [-0.15, -0.1) is 0 Å². The van der Waals surface area contributed by atoms with Crippen LogP contribution < -0.4 is 9.47 Å². The first-order chi connectivity index (χ1) is 7.15. The van der Waals surface area contributed by atoms with Crippen molar-refractivity contribution >= 4 is 6.08 Å². The van der Waals surface area contributed by atoms with Gasteiger partial charge < -0.3 is 9.47 Å². The Morgan fingerprint density at radius 1 is 1.27 bits per heavy atom. The number of fused-ring (bicyclic) bond motifs is 1. The van der Waals surface area contributed by atoms with E-state index < -0.39 is 0 Å². The lowest BCUT2D eigenvalue weighted by Crippen LogP contribution is -2.06. The molecule has 1 aromatic carbocycles. The quantitative estimate of drug-likeness (QED) is 0.731. The molecule has 0 saturated heterocycles. The van der Waals surface area contributed by atoms with Crippen molar-refractivity contribution in [2.75, 3.05) is 0 Å². The molecule has 0 aliphatic carbocycles. The lowest BCUT2D eigenvalue weighted by Gasteiger charge is -2.16. The lowest BCUT2D eigenvalue weighted by atomic mass is 10.1. The van der Waals surface area contributed by atoms with Gasteiger partial charge in [-0.1, -0.05) is 6.58 Å². The molecule has 1 aliphatic heterocycles. The van der Waals surface area contributed by atoms with Crippen molar-refractivity contribution in [3.8, 4) is 11.5 Å². The molecule has 2 nitrogen and oxygen atoms in total. The highest BCUT2D eigenvalue weighted by atomic mass is 16.5. The first kappa shape index (κ1) is 9.84. The second kappa shape index (κ2) is 3.81. The summed E-state index contributed by atoms with van der Waals surface area (Å²) < 4.78 is 11.1. The summed E-state index contributed by atoms with van der Waals surface area (Å²) in [6.45, 7) is 7.75. The lowest BCUT2D eigenvalue weighted by molar-refractivity contribution is 0.241. The number of rotatable bonds is 2. The molecule has 0 saturated carbocycles. The molecule has 1 aliphatic rings. The summed E-state index contributed by atoms with van der Waals surface area (Å²) in [5.74, 6) is 2.29. The van der Waals surface area contributed by atoms with Crippen LogP contribution in [0, 0.1) is 0 Å². The van der Waals surface area contributed by atoms with Gasteiger partial charge in [0.05, 0.1) is 6.10 Å². The summed E-state index contributed by atoms with van der Waals surface area (Å²) in [7, 11) is 0. The maximum atomic E-state index is 5.58. The molecule has 0 fully saturated rings.